The highest BCUT2D eigenvalue weighted by Gasteiger charge is 2.15. The number of fused-ring (bicyclic) bond motifs is 3. The molecular weight excluding hydrogens is 396 g/mol. The summed E-state index contributed by atoms with van der Waals surface area (Å²) in [5.41, 5.74) is 4.26. The van der Waals surface area contributed by atoms with Crippen LogP contribution < -0.4 is 5.32 Å². The van der Waals surface area contributed by atoms with Crippen LogP contribution in [0.15, 0.2) is 64.3 Å². The predicted octanol–water partition coefficient (Wildman–Crippen LogP) is 4.70. The Morgan fingerprint density at radius 3 is 2.70 bits per heavy atom. The summed E-state index contributed by atoms with van der Waals surface area (Å²) in [5, 5.41) is 4.59. The van der Waals surface area contributed by atoms with Crippen LogP contribution in [0.2, 0.25) is 0 Å². The lowest BCUT2D eigenvalue weighted by Crippen LogP contribution is -2.18. The van der Waals surface area contributed by atoms with E-state index in [1.165, 1.54) is 49.6 Å². The number of aromatic nitrogens is 2. The lowest BCUT2D eigenvalue weighted by atomic mass is 10.2. The second-order valence-electron chi connectivity index (χ2n) is 7.47. The van der Waals surface area contributed by atoms with E-state index in [0.717, 1.165) is 28.7 Å². The van der Waals surface area contributed by atoms with Gasteiger partial charge in [-0.3, -0.25) is 9.69 Å². The fraction of sp³-hybridized carbons (Fsp3) is 0.261. The molecule has 1 amide bonds. The summed E-state index contributed by atoms with van der Waals surface area (Å²) in [6.07, 6.45) is 4.10. The molecule has 0 radical (unpaired) electrons. The van der Waals surface area contributed by atoms with Crippen molar-refractivity contribution >= 4 is 45.4 Å². The van der Waals surface area contributed by atoms with Crippen LogP contribution in [0.5, 0.6) is 0 Å². The summed E-state index contributed by atoms with van der Waals surface area (Å²) in [5.74, 6) is 0.175. The van der Waals surface area contributed by atoms with Crippen molar-refractivity contribution < 1.29 is 9.21 Å². The number of para-hydroxylation sites is 1. The number of hydrogen-bond donors (Lipinski definition) is 1. The van der Waals surface area contributed by atoms with Gasteiger partial charge in [-0.25, -0.2) is 9.97 Å². The first-order valence-electron chi connectivity index (χ1n) is 10.1. The number of nitrogens with zero attached hydrogens (tertiary/aromatic N) is 3. The summed E-state index contributed by atoms with van der Waals surface area (Å²) in [6, 6.07) is 15.9. The predicted molar refractivity (Wildman–Crippen MR) is 120 cm³/mol. The third-order valence-electron chi connectivity index (χ3n) is 5.31. The molecule has 1 N–H and O–H groups in total. The van der Waals surface area contributed by atoms with E-state index in [1.54, 1.807) is 0 Å². The zero-order valence-electron chi connectivity index (χ0n) is 16.5. The quantitative estimate of drug-likeness (QED) is 0.361. The number of thioether (sulfide) groups is 1. The Hall–Kier alpha value is -2.90. The number of nitrogens with one attached hydrogen (secondary N) is 1. The molecule has 2 aromatic heterocycles. The van der Waals surface area contributed by atoms with Crippen LogP contribution in [0.1, 0.15) is 18.4 Å². The molecule has 0 spiro atoms. The van der Waals surface area contributed by atoms with Crippen LogP contribution in [0.4, 0.5) is 5.69 Å². The smallest absolute Gasteiger partial charge is 0.234 e. The highest BCUT2D eigenvalue weighted by atomic mass is 32.2. The van der Waals surface area contributed by atoms with Crippen LogP contribution >= 0.6 is 11.8 Å². The molecule has 0 aliphatic carbocycles. The second kappa shape index (κ2) is 8.45. The lowest BCUT2D eigenvalue weighted by Gasteiger charge is -2.14. The van der Waals surface area contributed by atoms with Gasteiger partial charge in [0.15, 0.2) is 5.58 Å². The van der Waals surface area contributed by atoms with Gasteiger partial charge in [-0.05, 0) is 55.8 Å². The zero-order chi connectivity index (χ0) is 20.3. The van der Waals surface area contributed by atoms with E-state index in [4.69, 9.17) is 4.42 Å². The van der Waals surface area contributed by atoms with Gasteiger partial charge in [-0.2, -0.15) is 0 Å². The van der Waals surface area contributed by atoms with Crippen LogP contribution in [-0.4, -0.2) is 39.6 Å². The summed E-state index contributed by atoms with van der Waals surface area (Å²) in [4.78, 5) is 23.6. The molecule has 1 aliphatic heterocycles. The third-order valence-corrected chi connectivity index (χ3v) is 6.28. The molecule has 7 heteroatoms. The van der Waals surface area contributed by atoms with Gasteiger partial charge >= 0.3 is 0 Å². The number of benzene rings is 2. The zero-order valence-corrected chi connectivity index (χ0v) is 17.3. The highest BCUT2D eigenvalue weighted by Crippen LogP contribution is 2.32. The topological polar surface area (TPSA) is 71.3 Å². The first-order valence-corrected chi connectivity index (χ1v) is 11.1. The molecule has 6 nitrogen and oxygen atoms in total. The van der Waals surface area contributed by atoms with E-state index in [-0.39, 0.29) is 11.7 Å². The number of carbonyl (C=O) groups excluding carboxylic acids is 1. The summed E-state index contributed by atoms with van der Waals surface area (Å²) in [7, 11) is 0. The number of furan rings is 1. The molecule has 1 fully saturated rings. The number of rotatable bonds is 6. The first kappa shape index (κ1) is 19.1. The number of amides is 1. The van der Waals surface area contributed by atoms with Crippen molar-refractivity contribution in [1.29, 1.82) is 0 Å². The molecule has 152 valence electrons. The number of likely N-dealkylation sites (tertiary alicyclic amines) is 1. The Morgan fingerprint density at radius 1 is 1.07 bits per heavy atom. The van der Waals surface area contributed by atoms with Crippen LogP contribution in [-0.2, 0) is 11.3 Å². The van der Waals surface area contributed by atoms with Gasteiger partial charge in [-0.1, -0.05) is 36.0 Å². The van der Waals surface area contributed by atoms with Gasteiger partial charge in [-0.15, -0.1) is 0 Å². The standard InChI is InChI=1S/C23H22N4O2S/c28-20(26-17-9-7-16(8-10-17)13-27-11-3-4-12-27)14-30-23-22-21(24-15-25-23)18-5-1-2-6-19(18)29-22/h1-2,5-10,15H,3-4,11-14H2,(H,26,28). The monoisotopic (exact) mass is 418 g/mol. The average Bonchev–Trinajstić information content (AvgIpc) is 3.41. The Kier molecular flexibility index (Phi) is 5.38. The molecule has 5 rings (SSSR count). The average molecular weight is 419 g/mol. The molecule has 0 bridgehead atoms. The maximum atomic E-state index is 12.4. The Balaban J connectivity index is 1.22. The molecular formula is C23H22N4O2S. The Bertz CT molecular complexity index is 1180. The minimum Gasteiger partial charge on any atom is -0.451 e. The van der Waals surface area contributed by atoms with Gasteiger partial charge in [0.25, 0.3) is 0 Å². The SMILES string of the molecule is O=C(CSc1ncnc2c1oc1ccccc12)Nc1ccc(CN2CCCC2)cc1. The molecule has 4 aromatic rings. The molecule has 0 unspecified atom stereocenters. The largest absolute Gasteiger partial charge is 0.451 e. The maximum Gasteiger partial charge on any atom is 0.234 e. The van der Waals surface area contributed by atoms with Gasteiger partial charge in [0, 0.05) is 17.6 Å². The minimum atomic E-state index is -0.0739. The fourth-order valence-electron chi connectivity index (χ4n) is 3.83. The highest BCUT2D eigenvalue weighted by molar-refractivity contribution is 8.00. The Morgan fingerprint density at radius 2 is 1.87 bits per heavy atom. The van der Waals surface area contributed by atoms with E-state index >= 15 is 0 Å². The van der Waals surface area contributed by atoms with Crippen LogP contribution in [0.25, 0.3) is 22.1 Å². The molecule has 1 saturated heterocycles. The summed E-state index contributed by atoms with van der Waals surface area (Å²) in [6.45, 7) is 3.33. The number of hydrogen-bond acceptors (Lipinski definition) is 6. The second-order valence-corrected chi connectivity index (χ2v) is 8.44. The van der Waals surface area contributed by atoms with Crippen molar-refractivity contribution in [2.45, 2.75) is 24.4 Å². The third kappa shape index (κ3) is 4.04. The van der Waals surface area contributed by atoms with Crippen molar-refractivity contribution in [1.82, 2.24) is 14.9 Å². The van der Waals surface area contributed by atoms with Gasteiger partial charge in [0.05, 0.1) is 5.75 Å². The van der Waals surface area contributed by atoms with E-state index in [1.807, 2.05) is 36.4 Å². The Labute approximate surface area is 178 Å². The molecule has 0 saturated carbocycles. The summed E-state index contributed by atoms with van der Waals surface area (Å²) >= 11 is 1.35. The molecule has 0 atom stereocenters. The van der Waals surface area contributed by atoms with Gasteiger partial charge < -0.3 is 9.73 Å². The molecule has 1 aliphatic rings. The normalized spacial score (nSPS) is 14.5. The van der Waals surface area contributed by atoms with E-state index < -0.39 is 0 Å². The van der Waals surface area contributed by atoms with Crippen molar-refractivity contribution in [3.63, 3.8) is 0 Å². The minimum absolute atomic E-state index is 0.0739. The summed E-state index contributed by atoms with van der Waals surface area (Å²) < 4.78 is 5.92. The number of carbonyl (C=O) groups is 1. The maximum absolute atomic E-state index is 12.4. The van der Waals surface area contributed by atoms with E-state index in [2.05, 4.69) is 32.3 Å². The van der Waals surface area contributed by atoms with Crippen molar-refractivity contribution in [3.8, 4) is 0 Å². The molecule has 3 heterocycles. The van der Waals surface area contributed by atoms with Crippen molar-refractivity contribution in [2.24, 2.45) is 0 Å². The van der Waals surface area contributed by atoms with Gasteiger partial charge in [0.2, 0.25) is 5.91 Å². The van der Waals surface area contributed by atoms with E-state index in [9.17, 15) is 4.79 Å². The van der Waals surface area contributed by atoms with Gasteiger partial charge in [0.1, 0.15) is 22.5 Å². The van der Waals surface area contributed by atoms with Crippen molar-refractivity contribution in [3.05, 3.63) is 60.4 Å². The van der Waals surface area contributed by atoms with Crippen molar-refractivity contribution in [2.75, 3.05) is 24.2 Å². The first-order chi connectivity index (χ1) is 14.8. The van der Waals surface area contributed by atoms with E-state index in [0.29, 0.717) is 10.6 Å². The molecule has 2 aromatic carbocycles. The van der Waals surface area contributed by atoms with Crippen LogP contribution in [0, 0.1) is 0 Å². The fourth-order valence-corrected chi connectivity index (χ4v) is 4.56. The molecule has 30 heavy (non-hydrogen) atoms. The number of anilines is 1. The van der Waals surface area contributed by atoms with Crippen LogP contribution in [0.3, 0.4) is 0 Å². The lowest BCUT2D eigenvalue weighted by molar-refractivity contribution is -0.113.